The molecule has 1 fully saturated rings. The van der Waals surface area contributed by atoms with Gasteiger partial charge in [0, 0.05) is 35.8 Å². The van der Waals surface area contributed by atoms with Crippen LogP contribution in [0.15, 0.2) is 53.7 Å². The number of aliphatic imine (C=N–C) groups is 1. The van der Waals surface area contributed by atoms with Crippen LogP contribution in [0.25, 0.3) is 16.6 Å². The molecule has 7 heteroatoms. The Morgan fingerprint density at radius 3 is 2.84 bits per heavy atom. The largest absolute Gasteiger partial charge is 0.369 e. The zero-order valence-electron chi connectivity index (χ0n) is 17.5. The Morgan fingerprint density at radius 2 is 2.03 bits per heavy atom. The monoisotopic (exact) mass is 435 g/mol. The van der Waals surface area contributed by atoms with Crippen LogP contribution in [0.1, 0.15) is 17.7 Å². The summed E-state index contributed by atoms with van der Waals surface area (Å²) in [6.45, 7) is 2.64. The summed E-state index contributed by atoms with van der Waals surface area (Å²) in [5.41, 5.74) is 5.25. The molecule has 2 aliphatic rings. The molecule has 0 unspecified atom stereocenters. The Kier molecular flexibility index (Phi) is 5.20. The lowest BCUT2D eigenvalue weighted by atomic mass is 9.99. The van der Waals surface area contributed by atoms with Crippen molar-refractivity contribution in [2.24, 2.45) is 4.99 Å². The van der Waals surface area contributed by atoms with E-state index in [9.17, 15) is 4.39 Å². The van der Waals surface area contributed by atoms with E-state index < -0.39 is 0 Å². The number of likely N-dealkylation sites (tertiary alicyclic amines) is 1. The minimum atomic E-state index is -0.344. The summed E-state index contributed by atoms with van der Waals surface area (Å²) in [5, 5.41) is 0.478. The minimum Gasteiger partial charge on any atom is -0.369 e. The van der Waals surface area contributed by atoms with E-state index in [2.05, 4.69) is 39.9 Å². The van der Waals surface area contributed by atoms with Crippen LogP contribution in [0.2, 0.25) is 5.02 Å². The van der Waals surface area contributed by atoms with Crippen molar-refractivity contribution >= 4 is 39.6 Å². The number of aromatic nitrogens is 2. The molecule has 1 atom stereocenters. The summed E-state index contributed by atoms with van der Waals surface area (Å²) in [7, 11) is 4.26. The van der Waals surface area contributed by atoms with Gasteiger partial charge in [0.05, 0.1) is 40.9 Å². The van der Waals surface area contributed by atoms with Gasteiger partial charge in [0.1, 0.15) is 5.82 Å². The summed E-state index contributed by atoms with van der Waals surface area (Å²) in [6.07, 6.45) is 5.02. The molecule has 0 spiro atoms. The number of anilines is 1. The standard InChI is InChI=1S/C24H23ClFN5/c1-30-10-8-16(14-30)31(2)17-12-23-22(28-13-17)6-5-21(29-23)18-7-9-27-24(18)19-11-15(25)3-4-20(19)26/h3-7,11-13,16H,8-10,14H2,1-2H3/t16-/m1/s1. The van der Waals surface area contributed by atoms with E-state index in [0.29, 0.717) is 28.9 Å². The molecule has 5 rings (SSSR count). The third-order valence-electron chi connectivity index (χ3n) is 6.10. The molecule has 1 aromatic carbocycles. The molecule has 2 aliphatic heterocycles. The highest BCUT2D eigenvalue weighted by molar-refractivity contribution is 6.35. The molecule has 2 aromatic heterocycles. The lowest BCUT2D eigenvalue weighted by molar-refractivity contribution is 0.409. The van der Waals surface area contributed by atoms with Crippen LogP contribution in [0.5, 0.6) is 0 Å². The number of fused-ring (bicyclic) bond motifs is 1. The highest BCUT2D eigenvalue weighted by atomic mass is 35.5. The van der Waals surface area contributed by atoms with Crippen molar-refractivity contribution in [3.63, 3.8) is 0 Å². The first kappa shape index (κ1) is 20.1. The second-order valence-corrected chi connectivity index (χ2v) is 8.61. The Hall–Kier alpha value is -2.83. The fraction of sp³-hybridized carbons (Fsp3) is 0.292. The number of benzene rings is 1. The fourth-order valence-corrected chi connectivity index (χ4v) is 4.49. The predicted octanol–water partition coefficient (Wildman–Crippen LogP) is 4.45. The molecule has 31 heavy (non-hydrogen) atoms. The summed E-state index contributed by atoms with van der Waals surface area (Å²) < 4.78 is 14.5. The third-order valence-corrected chi connectivity index (χ3v) is 6.34. The molecule has 3 aromatic rings. The van der Waals surface area contributed by atoms with Crippen LogP contribution < -0.4 is 4.90 Å². The Morgan fingerprint density at radius 1 is 1.16 bits per heavy atom. The van der Waals surface area contributed by atoms with Gasteiger partial charge in [0.25, 0.3) is 0 Å². The first-order valence-electron chi connectivity index (χ1n) is 10.4. The molecule has 1 saturated heterocycles. The summed E-state index contributed by atoms with van der Waals surface area (Å²) >= 11 is 6.10. The van der Waals surface area contributed by atoms with E-state index in [0.717, 1.165) is 47.5 Å². The highest BCUT2D eigenvalue weighted by Crippen LogP contribution is 2.29. The van der Waals surface area contributed by atoms with Gasteiger partial charge in [-0.1, -0.05) is 17.7 Å². The number of rotatable bonds is 4. The topological polar surface area (TPSA) is 44.6 Å². The molecule has 5 nitrogen and oxygen atoms in total. The second-order valence-electron chi connectivity index (χ2n) is 8.18. The maximum Gasteiger partial charge on any atom is 0.132 e. The molecule has 0 aliphatic carbocycles. The molecule has 0 bridgehead atoms. The summed E-state index contributed by atoms with van der Waals surface area (Å²) in [6, 6.07) is 10.9. The van der Waals surface area contributed by atoms with Crippen LogP contribution >= 0.6 is 11.6 Å². The normalized spacial score (nSPS) is 19.0. The predicted molar refractivity (Wildman–Crippen MR) is 125 cm³/mol. The number of nitrogens with zero attached hydrogens (tertiary/aromatic N) is 5. The van der Waals surface area contributed by atoms with Gasteiger partial charge in [-0.25, -0.2) is 9.37 Å². The maximum absolute atomic E-state index is 14.5. The molecule has 4 heterocycles. The van der Waals surface area contributed by atoms with E-state index in [1.807, 2.05) is 24.4 Å². The van der Waals surface area contributed by atoms with Crippen molar-refractivity contribution in [3.05, 3.63) is 70.8 Å². The molecule has 0 saturated carbocycles. The SMILES string of the molecule is CN1CC[C@@H](N(C)c2cnc3ccc(C4=CCN=C4c4cc(Cl)ccc4F)nc3c2)C1. The van der Waals surface area contributed by atoms with Crippen LogP contribution in [0, 0.1) is 5.82 Å². The van der Waals surface area contributed by atoms with Crippen molar-refractivity contribution in [2.45, 2.75) is 12.5 Å². The molecular weight excluding hydrogens is 413 g/mol. The smallest absolute Gasteiger partial charge is 0.132 e. The first-order valence-corrected chi connectivity index (χ1v) is 10.8. The lowest BCUT2D eigenvalue weighted by Crippen LogP contribution is -2.33. The molecule has 0 radical (unpaired) electrons. The number of halogens is 2. The number of hydrogen-bond donors (Lipinski definition) is 0. The minimum absolute atomic E-state index is 0.344. The number of pyridine rings is 2. The van der Waals surface area contributed by atoms with Gasteiger partial charge in [0.15, 0.2) is 0 Å². The quantitative estimate of drug-likeness (QED) is 0.607. The van der Waals surface area contributed by atoms with Crippen molar-refractivity contribution < 1.29 is 4.39 Å². The van der Waals surface area contributed by atoms with Crippen molar-refractivity contribution in [2.75, 3.05) is 38.6 Å². The van der Waals surface area contributed by atoms with Gasteiger partial charge < -0.3 is 9.80 Å². The van der Waals surface area contributed by atoms with E-state index in [-0.39, 0.29) is 5.82 Å². The van der Waals surface area contributed by atoms with Gasteiger partial charge in [-0.3, -0.25) is 9.98 Å². The van der Waals surface area contributed by atoms with Gasteiger partial charge in [-0.15, -0.1) is 0 Å². The second kappa shape index (κ2) is 8.02. The average Bonchev–Trinajstić information content (AvgIpc) is 3.43. The lowest BCUT2D eigenvalue weighted by Gasteiger charge is -2.26. The van der Waals surface area contributed by atoms with Crippen molar-refractivity contribution in [1.82, 2.24) is 14.9 Å². The van der Waals surface area contributed by atoms with Crippen LogP contribution in [-0.2, 0) is 0 Å². The zero-order chi connectivity index (χ0) is 21.5. The number of hydrogen-bond acceptors (Lipinski definition) is 5. The van der Waals surface area contributed by atoms with Crippen LogP contribution in [0.4, 0.5) is 10.1 Å². The van der Waals surface area contributed by atoms with E-state index >= 15 is 0 Å². The Labute approximate surface area is 185 Å². The van der Waals surface area contributed by atoms with E-state index in [4.69, 9.17) is 16.6 Å². The third kappa shape index (κ3) is 3.82. The van der Waals surface area contributed by atoms with E-state index in [1.54, 1.807) is 12.1 Å². The summed E-state index contributed by atoms with van der Waals surface area (Å²) in [4.78, 5) is 18.6. The zero-order valence-corrected chi connectivity index (χ0v) is 18.3. The van der Waals surface area contributed by atoms with Gasteiger partial charge in [0.2, 0.25) is 0 Å². The summed E-state index contributed by atoms with van der Waals surface area (Å²) in [5.74, 6) is -0.344. The Balaban J connectivity index is 1.49. The van der Waals surface area contributed by atoms with Gasteiger partial charge >= 0.3 is 0 Å². The molecule has 0 amide bonds. The maximum atomic E-state index is 14.5. The number of allylic oxidation sites excluding steroid dienone is 1. The molecule has 0 N–H and O–H groups in total. The van der Waals surface area contributed by atoms with Crippen LogP contribution in [0.3, 0.4) is 0 Å². The van der Waals surface area contributed by atoms with Crippen molar-refractivity contribution in [1.29, 1.82) is 0 Å². The van der Waals surface area contributed by atoms with Crippen molar-refractivity contribution in [3.8, 4) is 0 Å². The fourth-order valence-electron chi connectivity index (χ4n) is 4.32. The van der Waals surface area contributed by atoms with Gasteiger partial charge in [-0.05, 0) is 56.4 Å². The van der Waals surface area contributed by atoms with E-state index in [1.165, 1.54) is 6.07 Å². The molecular formula is C24H23ClFN5. The Bertz CT molecular complexity index is 1220. The first-order chi connectivity index (χ1) is 15.0. The van der Waals surface area contributed by atoms with Gasteiger partial charge in [-0.2, -0.15) is 0 Å². The average molecular weight is 436 g/mol. The number of likely N-dealkylation sites (N-methyl/N-ethyl adjacent to an activating group) is 2. The molecule has 158 valence electrons. The van der Waals surface area contributed by atoms with Crippen LogP contribution in [-0.4, -0.2) is 60.4 Å². The highest BCUT2D eigenvalue weighted by Gasteiger charge is 2.24.